The van der Waals surface area contributed by atoms with Gasteiger partial charge in [-0.25, -0.2) is 0 Å². The smallest absolute Gasteiger partial charge is 0.224 e. The molecule has 22 heavy (non-hydrogen) atoms. The van der Waals surface area contributed by atoms with Crippen molar-refractivity contribution in [3.8, 4) is 0 Å². The number of likely N-dealkylation sites (tertiary alicyclic amines) is 1. The minimum absolute atomic E-state index is 0. The van der Waals surface area contributed by atoms with Gasteiger partial charge in [0, 0.05) is 43.5 Å². The highest BCUT2D eigenvalue weighted by molar-refractivity contribution is 5.85. The number of aliphatic hydroxyl groups excluding tert-OH is 1. The average Bonchev–Trinajstić information content (AvgIpc) is 2.45. The molecule has 0 aromatic rings. The molecule has 1 heterocycles. The molecule has 1 aliphatic heterocycles. The lowest BCUT2D eigenvalue weighted by molar-refractivity contribution is -0.210. The number of aliphatic hydroxyl groups is 1. The molecule has 0 bridgehead atoms. The summed E-state index contributed by atoms with van der Waals surface area (Å²) in [5.41, 5.74) is 5.83. The summed E-state index contributed by atoms with van der Waals surface area (Å²) >= 11 is 0. The third kappa shape index (κ3) is 3.01. The predicted octanol–water partition coefficient (Wildman–Crippen LogP) is 1.46. The number of halogens is 1. The second-order valence-electron chi connectivity index (χ2n) is 7.20. The number of carbonyl (C=O) groups is 1. The Morgan fingerprint density at radius 3 is 2.41 bits per heavy atom. The number of nitrogens with two attached hydrogens (primary N) is 1. The van der Waals surface area contributed by atoms with Crippen LogP contribution >= 0.6 is 12.4 Å². The van der Waals surface area contributed by atoms with Crippen molar-refractivity contribution in [2.45, 2.75) is 69.6 Å². The Kier molecular flexibility index (Phi) is 5.42. The van der Waals surface area contributed by atoms with E-state index in [2.05, 4.69) is 0 Å². The molecule has 2 unspecified atom stereocenters. The largest absolute Gasteiger partial charge is 0.392 e. The van der Waals surface area contributed by atoms with Crippen molar-refractivity contribution >= 4 is 18.3 Å². The van der Waals surface area contributed by atoms with Gasteiger partial charge in [-0.1, -0.05) is 0 Å². The summed E-state index contributed by atoms with van der Waals surface area (Å²) in [5.74, 6) is 0.189. The van der Waals surface area contributed by atoms with Crippen molar-refractivity contribution in [2.75, 3.05) is 19.7 Å². The molecule has 2 aliphatic carbocycles. The van der Waals surface area contributed by atoms with E-state index in [9.17, 15) is 9.90 Å². The van der Waals surface area contributed by atoms with E-state index in [1.165, 1.54) is 0 Å². The van der Waals surface area contributed by atoms with E-state index in [1.54, 1.807) is 0 Å². The zero-order valence-electron chi connectivity index (χ0n) is 13.4. The predicted molar refractivity (Wildman–Crippen MR) is 86.9 cm³/mol. The first kappa shape index (κ1) is 18.0. The summed E-state index contributed by atoms with van der Waals surface area (Å²) < 4.78 is 5.76. The Bertz CT molecular complexity index is 404. The monoisotopic (exact) mass is 332 g/mol. The summed E-state index contributed by atoms with van der Waals surface area (Å²) in [4.78, 5) is 14.3. The SMILES string of the molecule is CCOC1CC(O)C12CCN(C(=O)CC1(N)CCC1)CC2.Cl. The molecule has 3 N–H and O–H groups in total. The summed E-state index contributed by atoms with van der Waals surface area (Å²) in [6.45, 7) is 4.15. The fraction of sp³-hybridized carbons (Fsp3) is 0.938. The van der Waals surface area contributed by atoms with Gasteiger partial charge in [0.1, 0.15) is 0 Å². The topological polar surface area (TPSA) is 75.8 Å². The van der Waals surface area contributed by atoms with Gasteiger partial charge in [0.05, 0.1) is 12.2 Å². The zero-order valence-corrected chi connectivity index (χ0v) is 14.2. The van der Waals surface area contributed by atoms with Crippen LogP contribution in [0.1, 0.15) is 51.9 Å². The summed E-state index contributed by atoms with van der Waals surface area (Å²) in [7, 11) is 0. The second kappa shape index (κ2) is 6.63. The molecule has 3 rings (SSSR count). The maximum atomic E-state index is 12.4. The molecule has 5 nitrogen and oxygen atoms in total. The van der Waals surface area contributed by atoms with Crippen molar-refractivity contribution in [2.24, 2.45) is 11.1 Å². The van der Waals surface area contributed by atoms with E-state index >= 15 is 0 Å². The van der Waals surface area contributed by atoms with Crippen LogP contribution in [0, 0.1) is 5.41 Å². The Hall–Kier alpha value is -0.360. The maximum Gasteiger partial charge on any atom is 0.224 e. The summed E-state index contributed by atoms with van der Waals surface area (Å²) in [6.07, 6.45) is 5.93. The molecule has 2 atom stereocenters. The van der Waals surface area contributed by atoms with Gasteiger partial charge in [-0.05, 0) is 39.0 Å². The van der Waals surface area contributed by atoms with E-state index in [0.29, 0.717) is 13.0 Å². The van der Waals surface area contributed by atoms with Crippen LogP contribution in [0.3, 0.4) is 0 Å². The molecule has 0 aromatic heterocycles. The number of hydrogen-bond acceptors (Lipinski definition) is 4. The fourth-order valence-electron chi connectivity index (χ4n) is 4.21. The highest BCUT2D eigenvalue weighted by atomic mass is 35.5. The van der Waals surface area contributed by atoms with Gasteiger partial charge in [0.2, 0.25) is 5.91 Å². The minimum Gasteiger partial charge on any atom is -0.392 e. The van der Waals surface area contributed by atoms with Crippen LogP contribution in [-0.4, -0.2) is 53.4 Å². The van der Waals surface area contributed by atoms with Crippen LogP contribution in [0.25, 0.3) is 0 Å². The van der Waals surface area contributed by atoms with Crippen molar-refractivity contribution in [3.63, 3.8) is 0 Å². The van der Waals surface area contributed by atoms with E-state index in [0.717, 1.165) is 51.6 Å². The highest BCUT2D eigenvalue weighted by Crippen LogP contribution is 2.51. The van der Waals surface area contributed by atoms with Crippen LogP contribution in [0.4, 0.5) is 0 Å². The number of piperidine rings is 1. The molecule has 3 fully saturated rings. The van der Waals surface area contributed by atoms with Crippen LogP contribution in [-0.2, 0) is 9.53 Å². The maximum absolute atomic E-state index is 12.4. The number of nitrogens with zero attached hydrogens (tertiary/aromatic N) is 1. The second-order valence-corrected chi connectivity index (χ2v) is 7.20. The average molecular weight is 333 g/mol. The Morgan fingerprint density at radius 1 is 1.32 bits per heavy atom. The number of ether oxygens (including phenoxy) is 1. The molecule has 1 spiro atoms. The van der Waals surface area contributed by atoms with Crippen molar-refractivity contribution in [1.82, 2.24) is 4.90 Å². The quantitative estimate of drug-likeness (QED) is 0.817. The van der Waals surface area contributed by atoms with Crippen LogP contribution in [0.5, 0.6) is 0 Å². The number of carbonyl (C=O) groups excluding carboxylic acids is 1. The summed E-state index contributed by atoms with van der Waals surface area (Å²) in [6, 6.07) is 0. The molecule has 2 saturated carbocycles. The van der Waals surface area contributed by atoms with Gasteiger partial charge in [-0.15, -0.1) is 12.4 Å². The third-order valence-electron chi connectivity index (χ3n) is 6.01. The first-order chi connectivity index (χ1) is 9.99. The van der Waals surface area contributed by atoms with E-state index in [1.807, 2.05) is 11.8 Å². The van der Waals surface area contributed by atoms with E-state index in [4.69, 9.17) is 10.5 Å². The van der Waals surface area contributed by atoms with Gasteiger partial charge in [-0.3, -0.25) is 4.79 Å². The van der Waals surface area contributed by atoms with Crippen LogP contribution in [0.15, 0.2) is 0 Å². The molecule has 6 heteroatoms. The highest BCUT2D eigenvalue weighted by Gasteiger charge is 2.56. The van der Waals surface area contributed by atoms with Gasteiger partial charge in [0.25, 0.3) is 0 Å². The lowest BCUT2D eigenvalue weighted by atomic mass is 9.58. The van der Waals surface area contributed by atoms with Crippen molar-refractivity contribution in [1.29, 1.82) is 0 Å². The number of rotatable bonds is 4. The molecule has 1 saturated heterocycles. The standard InChI is InChI=1S/C16H28N2O3.ClH/c1-2-21-13-10-12(19)16(13)6-8-18(9-7-16)14(20)11-15(17)4-3-5-15;/h12-13,19H,2-11,17H2,1H3;1H. The first-order valence-corrected chi connectivity index (χ1v) is 8.35. The minimum atomic E-state index is -0.265. The van der Waals surface area contributed by atoms with Gasteiger partial charge in [0.15, 0.2) is 0 Å². The zero-order chi connectivity index (χ0) is 15.1. The van der Waals surface area contributed by atoms with Crippen molar-refractivity contribution < 1.29 is 14.6 Å². The van der Waals surface area contributed by atoms with E-state index in [-0.39, 0.29) is 41.5 Å². The van der Waals surface area contributed by atoms with Crippen LogP contribution in [0.2, 0.25) is 0 Å². The molecule has 128 valence electrons. The lowest BCUT2D eigenvalue weighted by Gasteiger charge is -2.56. The molecule has 1 amide bonds. The number of hydrogen-bond donors (Lipinski definition) is 2. The fourth-order valence-corrected chi connectivity index (χ4v) is 4.21. The molecule has 0 radical (unpaired) electrons. The Morgan fingerprint density at radius 2 is 1.95 bits per heavy atom. The normalized spacial score (nSPS) is 31.9. The third-order valence-corrected chi connectivity index (χ3v) is 6.01. The number of amides is 1. The lowest BCUT2D eigenvalue weighted by Crippen LogP contribution is -2.63. The van der Waals surface area contributed by atoms with Gasteiger partial charge >= 0.3 is 0 Å². The molecule has 0 aromatic carbocycles. The summed E-state index contributed by atoms with van der Waals surface area (Å²) in [5, 5.41) is 10.2. The molecular weight excluding hydrogens is 304 g/mol. The van der Waals surface area contributed by atoms with Gasteiger partial charge < -0.3 is 20.5 Å². The van der Waals surface area contributed by atoms with Crippen LogP contribution < -0.4 is 5.73 Å². The first-order valence-electron chi connectivity index (χ1n) is 8.35. The Labute approximate surface area is 139 Å². The Balaban J connectivity index is 0.00000176. The molecular formula is C16H29ClN2O3. The molecule has 3 aliphatic rings. The van der Waals surface area contributed by atoms with E-state index < -0.39 is 0 Å². The van der Waals surface area contributed by atoms with Gasteiger partial charge in [-0.2, -0.15) is 0 Å². The van der Waals surface area contributed by atoms with Crippen molar-refractivity contribution in [3.05, 3.63) is 0 Å².